The molecule has 1 aliphatic carbocycles. The van der Waals surface area contributed by atoms with Gasteiger partial charge in [-0.05, 0) is 25.0 Å². The van der Waals surface area contributed by atoms with Gasteiger partial charge in [-0.25, -0.2) is 0 Å². The normalized spacial score (nSPS) is 28.2. The summed E-state index contributed by atoms with van der Waals surface area (Å²) in [4.78, 5) is 18.7. The molecule has 0 spiro atoms. The van der Waals surface area contributed by atoms with E-state index < -0.39 is 0 Å². The number of hydrogen-bond acceptors (Lipinski definition) is 4. The molecule has 112 valence electrons. The Morgan fingerprint density at radius 3 is 3.19 bits per heavy atom. The maximum absolute atomic E-state index is 12.6. The van der Waals surface area contributed by atoms with E-state index in [2.05, 4.69) is 11.6 Å². The van der Waals surface area contributed by atoms with E-state index in [-0.39, 0.29) is 24.2 Å². The molecule has 1 aromatic heterocycles. The van der Waals surface area contributed by atoms with Crippen LogP contribution in [0, 0.1) is 0 Å². The van der Waals surface area contributed by atoms with Gasteiger partial charge in [-0.3, -0.25) is 9.78 Å². The van der Waals surface area contributed by atoms with Crippen molar-refractivity contribution in [3.05, 3.63) is 42.7 Å². The first kappa shape index (κ1) is 14.2. The number of hydrogen-bond donors (Lipinski definition) is 0. The monoisotopic (exact) mass is 288 g/mol. The van der Waals surface area contributed by atoms with Gasteiger partial charge in [-0.2, -0.15) is 0 Å². The second kappa shape index (κ2) is 6.37. The van der Waals surface area contributed by atoms with Crippen molar-refractivity contribution in [2.75, 3.05) is 19.8 Å². The molecule has 21 heavy (non-hydrogen) atoms. The Morgan fingerprint density at radius 2 is 2.43 bits per heavy atom. The zero-order valence-electron chi connectivity index (χ0n) is 12.0. The third-order valence-corrected chi connectivity index (χ3v) is 4.11. The van der Waals surface area contributed by atoms with Crippen LogP contribution in [0.25, 0.3) is 0 Å². The molecule has 1 saturated heterocycles. The molecule has 3 rings (SSSR count). The lowest BCUT2D eigenvalue weighted by atomic mass is 10.1. The van der Waals surface area contributed by atoms with Gasteiger partial charge in [0.1, 0.15) is 11.8 Å². The van der Waals surface area contributed by atoms with E-state index in [1.54, 1.807) is 18.3 Å². The van der Waals surface area contributed by atoms with Gasteiger partial charge >= 0.3 is 0 Å². The van der Waals surface area contributed by atoms with E-state index >= 15 is 0 Å². The van der Waals surface area contributed by atoms with Crippen LogP contribution in [0.2, 0.25) is 0 Å². The van der Waals surface area contributed by atoms with Gasteiger partial charge in [0, 0.05) is 12.7 Å². The largest absolute Gasteiger partial charge is 0.372 e. The van der Waals surface area contributed by atoms with Crippen molar-refractivity contribution < 1.29 is 14.3 Å². The average Bonchev–Trinajstić information content (AvgIpc) is 2.96. The molecule has 1 saturated carbocycles. The molecule has 1 amide bonds. The van der Waals surface area contributed by atoms with Crippen molar-refractivity contribution in [2.45, 2.75) is 31.1 Å². The van der Waals surface area contributed by atoms with Crippen LogP contribution in [-0.2, 0) is 9.47 Å². The Balaban J connectivity index is 1.73. The summed E-state index contributed by atoms with van der Waals surface area (Å²) in [6, 6.07) is 5.49. The Hall–Kier alpha value is -1.72. The van der Waals surface area contributed by atoms with Gasteiger partial charge in [0.15, 0.2) is 0 Å². The van der Waals surface area contributed by atoms with Crippen LogP contribution in [-0.4, -0.2) is 53.8 Å². The molecule has 3 atom stereocenters. The highest BCUT2D eigenvalue weighted by Crippen LogP contribution is 2.32. The molecular formula is C16H20N2O3. The van der Waals surface area contributed by atoms with Gasteiger partial charge in [0.2, 0.25) is 0 Å². The molecule has 0 radical (unpaired) electrons. The van der Waals surface area contributed by atoms with Gasteiger partial charge in [0.25, 0.3) is 5.91 Å². The third kappa shape index (κ3) is 2.84. The minimum Gasteiger partial charge on any atom is -0.372 e. The fourth-order valence-electron chi connectivity index (χ4n) is 3.17. The molecule has 0 aromatic carbocycles. The Kier molecular flexibility index (Phi) is 4.31. The zero-order chi connectivity index (χ0) is 14.7. The molecule has 2 aliphatic rings. The van der Waals surface area contributed by atoms with Gasteiger partial charge in [0.05, 0.1) is 25.4 Å². The number of rotatable bonds is 4. The quantitative estimate of drug-likeness (QED) is 0.791. The van der Waals surface area contributed by atoms with Crippen molar-refractivity contribution in [3.63, 3.8) is 0 Å². The van der Waals surface area contributed by atoms with Crippen molar-refractivity contribution >= 4 is 5.91 Å². The van der Waals surface area contributed by atoms with E-state index in [9.17, 15) is 4.79 Å². The van der Waals surface area contributed by atoms with Crippen molar-refractivity contribution in [3.8, 4) is 0 Å². The Labute approximate surface area is 124 Å². The standard InChI is InChI=1S/C16H20N2O3/c1-2-10-20-14-7-6-13-15(14)21-11-9-18(13)16(19)12-5-3-4-8-17-12/h2-5,8,13-15H,1,6-7,9-11H2/t13-,14+,15+/m0/s1. The highest BCUT2D eigenvalue weighted by atomic mass is 16.5. The topological polar surface area (TPSA) is 51.7 Å². The fourth-order valence-corrected chi connectivity index (χ4v) is 3.17. The van der Waals surface area contributed by atoms with Crippen LogP contribution in [0.1, 0.15) is 23.3 Å². The van der Waals surface area contributed by atoms with Crippen molar-refractivity contribution in [2.24, 2.45) is 0 Å². The Morgan fingerprint density at radius 1 is 1.52 bits per heavy atom. The first-order chi connectivity index (χ1) is 10.3. The number of amides is 1. The fraction of sp³-hybridized carbons (Fsp3) is 0.500. The van der Waals surface area contributed by atoms with E-state index in [0.717, 1.165) is 12.8 Å². The summed E-state index contributed by atoms with van der Waals surface area (Å²) in [7, 11) is 0. The number of nitrogens with zero attached hydrogens (tertiary/aromatic N) is 2. The predicted molar refractivity (Wildman–Crippen MR) is 78.0 cm³/mol. The second-order valence-corrected chi connectivity index (χ2v) is 5.35. The minimum absolute atomic E-state index is 0.0155. The van der Waals surface area contributed by atoms with E-state index in [4.69, 9.17) is 9.47 Å². The molecule has 1 aliphatic heterocycles. The Bertz CT molecular complexity index is 506. The first-order valence-corrected chi connectivity index (χ1v) is 7.37. The highest BCUT2D eigenvalue weighted by Gasteiger charge is 2.45. The second-order valence-electron chi connectivity index (χ2n) is 5.35. The lowest BCUT2D eigenvalue weighted by Crippen LogP contribution is -2.54. The smallest absolute Gasteiger partial charge is 0.272 e. The minimum atomic E-state index is -0.0358. The van der Waals surface area contributed by atoms with Crippen molar-refractivity contribution in [1.82, 2.24) is 9.88 Å². The molecule has 0 unspecified atom stereocenters. The number of carbonyl (C=O) groups excluding carboxylic acids is 1. The summed E-state index contributed by atoms with van der Waals surface area (Å²) in [6.45, 7) is 5.35. The number of morpholine rings is 1. The van der Waals surface area contributed by atoms with E-state index in [1.165, 1.54) is 0 Å². The molecule has 5 heteroatoms. The van der Waals surface area contributed by atoms with Gasteiger partial charge in [-0.15, -0.1) is 6.58 Å². The molecule has 2 heterocycles. The van der Waals surface area contributed by atoms with E-state index in [1.807, 2.05) is 17.0 Å². The van der Waals surface area contributed by atoms with Crippen LogP contribution in [0.4, 0.5) is 0 Å². The van der Waals surface area contributed by atoms with Crippen molar-refractivity contribution in [1.29, 1.82) is 0 Å². The van der Waals surface area contributed by atoms with Crippen LogP contribution in [0.5, 0.6) is 0 Å². The number of ether oxygens (including phenoxy) is 2. The summed E-state index contributed by atoms with van der Waals surface area (Å²) in [5.41, 5.74) is 0.494. The van der Waals surface area contributed by atoms with Gasteiger partial charge in [-0.1, -0.05) is 12.1 Å². The molecule has 0 N–H and O–H groups in total. The lowest BCUT2D eigenvalue weighted by molar-refractivity contribution is -0.100. The van der Waals surface area contributed by atoms with Crippen LogP contribution in [0.15, 0.2) is 37.1 Å². The molecule has 1 aromatic rings. The third-order valence-electron chi connectivity index (χ3n) is 4.11. The number of aromatic nitrogens is 1. The number of fused-ring (bicyclic) bond motifs is 1. The molecule has 2 fully saturated rings. The van der Waals surface area contributed by atoms with Crippen LogP contribution in [0.3, 0.4) is 0 Å². The molecular weight excluding hydrogens is 268 g/mol. The van der Waals surface area contributed by atoms with Crippen LogP contribution < -0.4 is 0 Å². The summed E-state index contributed by atoms with van der Waals surface area (Å²) in [6.07, 6.45) is 5.22. The molecule has 0 bridgehead atoms. The molecule has 5 nitrogen and oxygen atoms in total. The summed E-state index contributed by atoms with van der Waals surface area (Å²) in [5, 5.41) is 0. The van der Waals surface area contributed by atoms with Crippen LogP contribution >= 0.6 is 0 Å². The lowest BCUT2D eigenvalue weighted by Gasteiger charge is -2.38. The zero-order valence-corrected chi connectivity index (χ0v) is 12.0. The first-order valence-electron chi connectivity index (χ1n) is 7.37. The predicted octanol–water partition coefficient (Wildman–Crippen LogP) is 1.66. The summed E-state index contributed by atoms with van der Waals surface area (Å²) >= 11 is 0. The maximum atomic E-state index is 12.6. The van der Waals surface area contributed by atoms with E-state index in [0.29, 0.717) is 25.5 Å². The summed E-state index contributed by atoms with van der Waals surface area (Å²) < 4.78 is 11.6. The maximum Gasteiger partial charge on any atom is 0.272 e. The average molecular weight is 288 g/mol. The SMILES string of the molecule is C=CCO[C@@H]1CC[C@H]2[C@H]1OCCN2C(=O)c1ccccn1. The number of pyridine rings is 1. The van der Waals surface area contributed by atoms with Gasteiger partial charge < -0.3 is 14.4 Å². The summed E-state index contributed by atoms with van der Waals surface area (Å²) in [5.74, 6) is -0.0155. The highest BCUT2D eigenvalue weighted by molar-refractivity contribution is 5.92. The number of carbonyl (C=O) groups is 1.